The minimum Gasteiger partial charge on any atom is -0.352 e. The van der Waals surface area contributed by atoms with Crippen LogP contribution in [0.5, 0.6) is 0 Å². The first kappa shape index (κ1) is 31.5. The number of aryl methyl sites for hydroxylation is 1. The first-order valence-electron chi connectivity index (χ1n) is 13.2. The molecule has 2 unspecified atom stereocenters. The molecule has 2 atom stereocenters. The van der Waals surface area contributed by atoms with Gasteiger partial charge in [-0.15, -0.1) is 0 Å². The van der Waals surface area contributed by atoms with E-state index in [0.717, 1.165) is 16.3 Å². The van der Waals surface area contributed by atoms with Crippen molar-refractivity contribution in [1.29, 1.82) is 0 Å². The number of hydrogen-bond acceptors (Lipinski definition) is 4. The second-order valence-electron chi connectivity index (χ2n) is 9.66. The number of benzene rings is 3. The van der Waals surface area contributed by atoms with Crippen LogP contribution in [0.25, 0.3) is 0 Å². The van der Waals surface area contributed by atoms with Gasteiger partial charge in [0.25, 0.3) is 10.0 Å². The quantitative estimate of drug-likeness (QED) is 0.266. The van der Waals surface area contributed by atoms with Crippen LogP contribution in [0, 0.1) is 6.92 Å². The molecule has 214 valence electrons. The molecule has 0 fully saturated rings. The van der Waals surface area contributed by atoms with Gasteiger partial charge in [-0.2, -0.15) is 0 Å². The summed E-state index contributed by atoms with van der Waals surface area (Å²) in [5, 5.41) is 3.79. The highest BCUT2D eigenvalue weighted by molar-refractivity contribution is 7.92. The molecule has 40 heavy (non-hydrogen) atoms. The molecular formula is C30H35Cl2N3O4S. The summed E-state index contributed by atoms with van der Waals surface area (Å²) in [6.45, 7) is 7.07. The van der Waals surface area contributed by atoms with Crippen LogP contribution >= 0.6 is 23.2 Å². The van der Waals surface area contributed by atoms with Crippen LogP contribution < -0.4 is 9.62 Å². The lowest BCUT2D eigenvalue weighted by Crippen LogP contribution is -2.53. The second-order valence-corrected chi connectivity index (χ2v) is 12.4. The zero-order chi connectivity index (χ0) is 29.4. The Morgan fingerprint density at radius 1 is 0.900 bits per heavy atom. The number of amides is 2. The van der Waals surface area contributed by atoms with Crippen molar-refractivity contribution in [3.63, 3.8) is 0 Å². The number of hydrogen-bond donors (Lipinski definition) is 1. The topological polar surface area (TPSA) is 86.8 Å². The van der Waals surface area contributed by atoms with E-state index >= 15 is 0 Å². The third-order valence-corrected chi connectivity index (χ3v) is 9.10. The Balaban J connectivity index is 2.06. The summed E-state index contributed by atoms with van der Waals surface area (Å²) in [6.07, 6.45) is 1.05. The number of halogens is 2. The number of carbonyl (C=O) groups is 2. The van der Waals surface area contributed by atoms with Gasteiger partial charge in [0, 0.05) is 22.6 Å². The maximum Gasteiger partial charge on any atom is 0.264 e. The standard InChI is InChI=1S/C30H35Cl2N3O4S/c1-5-22(4)33-30(37)28(6-2)34(19-23-9-7-8-10-27(23)32)29(36)20-35(25-15-11-21(3)12-16-25)40(38,39)26-17-13-24(31)14-18-26/h7-18,22,28H,5-6,19-20H2,1-4H3,(H,33,37). The molecule has 0 heterocycles. The minimum absolute atomic E-state index is 0.00974. The van der Waals surface area contributed by atoms with Gasteiger partial charge >= 0.3 is 0 Å². The van der Waals surface area contributed by atoms with Crippen molar-refractivity contribution >= 4 is 50.7 Å². The van der Waals surface area contributed by atoms with E-state index in [4.69, 9.17) is 23.2 Å². The van der Waals surface area contributed by atoms with Crippen LogP contribution in [0.2, 0.25) is 10.0 Å². The summed E-state index contributed by atoms with van der Waals surface area (Å²) < 4.78 is 28.8. The lowest BCUT2D eigenvalue weighted by atomic mass is 10.1. The summed E-state index contributed by atoms with van der Waals surface area (Å²) >= 11 is 12.4. The molecule has 0 aliphatic heterocycles. The fraction of sp³-hybridized carbons (Fsp3) is 0.333. The monoisotopic (exact) mass is 603 g/mol. The Hall–Kier alpha value is -3.07. The van der Waals surface area contributed by atoms with Gasteiger partial charge < -0.3 is 10.2 Å². The largest absolute Gasteiger partial charge is 0.352 e. The van der Waals surface area contributed by atoms with Crippen molar-refractivity contribution < 1.29 is 18.0 Å². The number of carbonyl (C=O) groups excluding carboxylic acids is 2. The molecule has 7 nitrogen and oxygen atoms in total. The molecule has 0 spiro atoms. The highest BCUT2D eigenvalue weighted by Gasteiger charge is 2.34. The molecular weight excluding hydrogens is 569 g/mol. The fourth-order valence-electron chi connectivity index (χ4n) is 4.14. The van der Waals surface area contributed by atoms with Crippen LogP contribution in [0.4, 0.5) is 5.69 Å². The first-order valence-corrected chi connectivity index (χ1v) is 15.4. The van der Waals surface area contributed by atoms with Crippen molar-refractivity contribution in [1.82, 2.24) is 10.2 Å². The zero-order valence-electron chi connectivity index (χ0n) is 23.1. The Labute approximate surface area is 247 Å². The van der Waals surface area contributed by atoms with E-state index in [9.17, 15) is 18.0 Å². The molecule has 0 aliphatic rings. The molecule has 0 radical (unpaired) electrons. The molecule has 0 aliphatic carbocycles. The van der Waals surface area contributed by atoms with Crippen molar-refractivity contribution in [2.45, 2.75) is 64.1 Å². The second kappa shape index (κ2) is 14.0. The average Bonchev–Trinajstić information content (AvgIpc) is 2.93. The van der Waals surface area contributed by atoms with E-state index in [2.05, 4.69) is 5.32 Å². The Bertz CT molecular complexity index is 1410. The van der Waals surface area contributed by atoms with E-state index in [0.29, 0.717) is 27.7 Å². The maximum atomic E-state index is 14.1. The van der Waals surface area contributed by atoms with Gasteiger partial charge in [-0.05, 0) is 74.7 Å². The van der Waals surface area contributed by atoms with Gasteiger partial charge in [0.1, 0.15) is 12.6 Å². The normalized spacial score (nSPS) is 12.8. The number of anilines is 1. The third-order valence-electron chi connectivity index (χ3n) is 6.69. The van der Waals surface area contributed by atoms with Crippen LogP contribution in [0.3, 0.4) is 0 Å². The summed E-state index contributed by atoms with van der Waals surface area (Å²) in [5.41, 5.74) is 1.91. The number of nitrogens with one attached hydrogen (secondary N) is 1. The Morgan fingerprint density at radius 2 is 1.52 bits per heavy atom. The highest BCUT2D eigenvalue weighted by Crippen LogP contribution is 2.27. The first-order chi connectivity index (χ1) is 19.0. The highest BCUT2D eigenvalue weighted by atomic mass is 35.5. The van der Waals surface area contributed by atoms with Gasteiger partial charge in [-0.25, -0.2) is 8.42 Å². The van der Waals surface area contributed by atoms with Crippen molar-refractivity contribution in [2.75, 3.05) is 10.8 Å². The van der Waals surface area contributed by atoms with Gasteiger partial charge in [-0.3, -0.25) is 13.9 Å². The van der Waals surface area contributed by atoms with Gasteiger partial charge in [0.2, 0.25) is 11.8 Å². The molecule has 3 aromatic rings. The minimum atomic E-state index is -4.17. The predicted octanol–water partition coefficient (Wildman–Crippen LogP) is 6.22. The summed E-state index contributed by atoms with van der Waals surface area (Å²) in [6, 6.07) is 18.8. The van der Waals surface area contributed by atoms with E-state index in [1.807, 2.05) is 27.7 Å². The van der Waals surface area contributed by atoms with Crippen LogP contribution in [-0.4, -0.2) is 43.8 Å². The molecule has 1 N–H and O–H groups in total. The maximum absolute atomic E-state index is 14.1. The third kappa shape index (κ3) is 7.77. The van der Waals surface area contributed by atoms with Gasteiger partial charge in [0.15, 0.2) is 0 Å². The predicted molar refractivity (Wildman–Crippen MR) is 161 cm³/mol. The molecule has 10 heteroatoms. The van der Waals surface area contributed by atoms with Crippen molar-refractivity contribution in [3.8, 4) is 0 Å². The van der Waals surface area contributed by atoms with E-state index < -0.39 is 28.5 Å². The van der Waals surface area contributed by atoms with Crippen LogP contribution in [0.1, 0.15) is 44.7 Å². The summed E-state index contributed by atoms with van der Waals surface area (Å²) in [7, 11) is -4.17. The molecule has 2 amide bonds. The van der Waals surface area contributed by atoms with Crippen LogP contribution in [-0.2, 0) is 26.2 Å². The Morgan fingerprint density at radius 3 is 2.10 bits per heavy atom. The molecule has 0 bridgehead atoms. The summed E-state index contributed by atoms with van der Waals surface area (Å²) in [5.74, 6) is -0.844. The van der Waals surface area contributed by atoms with E-state index in [1.54, 1.807) is 48.5 Å². The molecule has 0 saturated heterocycles. The van der Waals surface area contributed by atoms with E-state index in [1.165, 1.54) is 29.2 Å². The van der Waals surface area contributed by atoms with Crippen molar-refractivity contribution in [2.24, 2.45) is 0 Å². The number of nitrogens with zero attached hydrogens (tertiary/aromatic N) is 2. The average molecular weight is 605 g/mol. The lowest BCUT2D eigenvalue weighted by molar-refractivity contribution is -0.140. The Kier molecular flexibility index (Phi) is 11.0. The number of rotatable bonds is 12. The smallest absolute Gasteiger partial charge is 0.264 e. The van der Waals surface area contributed by atoms with Crippen LogP contribution in [0.15, 0.2) is 77.7 Å². The molecule has 3 rings (SSSR count). The summed E-state index contributed by atoms with van der Waals surface area (Å²) in [4.78, 5) is 28.8. The lowest BCUT2D eigenvalue weighted by Gasteiger charge is -2.34. The van der Waals surface area contributed by atoms with Crippen molar-refractivity contribution in [3.05, 3.63) is 94.0 Å². The molecule has 0 saturated carbocycles. The number of sulfonamides is 1. The van der Waals surface area contributed by atoms with Gasteiger partial charge in [0.05, 0.1) is 10.6 Å². The van der Waals surface area contributed by atoms with Gasteiger partial charge in [-0.1, -0.05) is 72.9 Å². The molecule has 3 aromatic carbocycles. The van der Waals surface area contributed by atoms with E-state index in [-0.39, 0.29) is 23.4 Å². The molecule has 0 aromatic heterocycles. The SMILES string of the molecule is CCC(C)NC(=O)C(CC)N(Cc1ccccc1Cl)C(=O)CN(c1ccc(C)cc1)S(=O)(=O)c1ccc(Cl)cc1. The zero-order valence-corrected chi connectivity index (χ0v) is 25.4. The fourth-order valence-corrected chi connectivity index (χ4v) is 5.88.